The van der Waals surface area contributed by atoms with Crippen LogP contribution in [0.4, 0.5) is 0 Å². The third kappa shape index (κ3) is 4.23. The van der Waals surface area contributed by atoms with E-state index in [-0.39, 0.29) is 5.56 Å². The minimum Gasteiger partial charge on any atom is -0.489 e. The Balaban J connectivity index is 1.36. The van der Waals surface area contributed by atoms with Crippen molar-refractivity contribution in [3.8, 4) is 34.0 Å². The van der Waals surface area contributed by atoms with Gasteiger partial charge in [-0.1, -0.05) is 66.7 Å². The number of pyridine rings is 1. The summed E-state index contributed by atoms with van der Waals surface area (Å²) in [5, 5.41) is 3.16. The first-order chi connectivity index (χ1) is 15.8. The molecule has 2 heterocycles. The summed E-state index contributed by atoms with van der Waals surface area (Å²) in [6.45, 7) is 0.538. The molecule has 0 unspecified atom stereocenters. The summed E-state index contributed by atoms with van der Waals surface area (Å²) in [6.07, 6.45) is 1.66. The molecule has 3 aromatic carbocycles. The topological polar surface area (TPSA) is 59.9 Å². The highest BCUT2D eigenvalue weighted by Crippen LogP contribution is 2.27. The van der Waals surface area contributed by atoms with Crippen molar-refractivity contribution in [3.05, 3.63) is 125 Å². The quantitative estimate of drug-likeness (QED) is 0.397. The number of benzene rings is 3. The zero-order valence-electron chi connectivity index (χ0n) is 17.3. The van der Waals surface area contributed by atoms with Crippen molar-refractivity contribution in [2.24, 2.45) is 0 Å². The molecule has 0 aliphatic carbocycles. The minimum absolute atomic E-state index is 0.149. The van der Waals surface area contributed by atoms with Crippen molar-refractivity contribution in [2.45, 2.75) is 6.61 Å². The summed E-state index contributed by atoms with van der Waals surface area (Å²) in [7, 11) is 0. The van der Waals surface area contributed by atoms with E-state index < -0.39 is 0 Å². The molecule has 0 fully saturated rings. The Hall–Kier alpha value is -4.38. The largest absolute Gasteiger partial charge is 0.489 e. The van der Waals surface area contributed by atoms with Crippen LogP contribution < -0.4 is 10.3 Å². The maximum absolute atomic E-state index is 12.4. The van der Waals surface area contributed by atoms with Crippen molar-refractivity contribution in [1.29, 1.82) is 0 Å². The van der Waals surface area contributed by atoms with E-state index in [1.54, 1.807) is 18.3 Å². The van der Waals surface area contributed by atoms with Crippen molar-refractivity contribution < 1.29 is 4.74 Å². The first-order valence-corrected chi connectivity index (χ1v) is 10.4. The summed E-state index contributed by atoms with van der Waals surface area (Å²) in [5.41, 5.74) is 4.79. The molecule has 0 atom stereocenters. The van der Waals surface area contributed by atoms with Crippen LogP contribution in [0, 0.1) is 0 Å². The van der Waals surface area contributed by atoms with E-state index in [0.717, 1.165) is 33.7 Å². The molecule has 0 spiro atoms. The van der Waals surface area contributed by atoms with Gasteiger partial charge in [0.2, 0.25) is 0 Å². The molecule has 0 bridgehead atoms. The number of hydrogen-bond acceptors (Lipinski definition) is 3. The number of H-pyrrole nitrogens is 1. The number of nitrogens with zero attached hydrogens (tertiary/aromatic N) is 2. The van der Waals surface area contributed by atoms with Gasteiger partial charge < -0.3 is 4.74 Å². The number of hydrogen-bond donors (Lipinski definition) is 1. The van der Waals surface area contributed by atoms with E-state index >= 15 is 0 Å². The van der Waals surface area contributed by atoms with Crippen LogP contribution in [0.25, 0.3) is 28.2 Å². The lowest BCUT2D eigenvalue weighted by Crippen LogP contribution is -2.14. The maximum Gasteiger partial charge on any atom is 0.273 e. The molecule has 5 nitrogen and oxygen atoms in total. The van der Waals surface area contributed by atoms with Crippen LogP contribution in [0.3, 0.4) is 0 Å². The van der Waals surface area contributed by atoms with E-state index in [2.05, 4.69) is 22.2 Å². The second-order valence-electron chi connectivity index (χ2n) is 7.41. The number of aromatic amines is 1. The maximum atomic E-state index is 12.4. The van der Waals surface area contributed by atoms with Gasteiger partial charge in [-0.15, -0.1) is 0 Å². The van der Waals surface area contributed by atoms with E-state index in [4.69, 9.17) is 4.74 Å². The van der Waals surface area contributed by atoms with Crippen LogP contribution in [0.2, 0.25) is 0 Å². The lowest BCUT2D eigenvalue weighted by Gasteiger charge is -2.08. The second kappa shape index (κ2) is 8.78. The third-order valence-electron chi connectivity index (χ3n) is 5.21. The van der Waals surface area contributed by atoms with Crippen molar-refractivity contribution in [3.63, 3.8) is 0 Å². The Morgan fingerprint density at radius 2 is 1.53 bits per heavy atom. The predicted octanol–water partition coefficient (Wildman–Crippen LogP) is 5.47. The molecule has 0 saturated carbocycles. The summed E-state index contributed by atoms with van der Waals surface area (Å²) < 4.78 is 7.33. The van der Waals surface area contributed by atoms with Gasteiger partial charge >= 0.3 is 0 Å². The van der Waals surface area contributed by atoms with Crippen LogP contribution in [0.1, 0.15) is 5.56 Å². The van der Waals surface area contributed by atoms with Gasteiger partial charge in [-0.2, -0.15) is 0 Å². The van der Waals surface area contributed by atoms with Crippen molar-refractivity contribution in [1.82, 2.24) is 14.8 Å². The molecule has 0 radical (unpaired) electrons. The Bertz CT molecular complexity index is 1370. The monoisotopic (exact) mass is 419 g/mol. The number of ether oxygens (including phenoxy) is 1. The molecule has 0 saturated heterocycles. The standard InChI is InChI=1S/C27H21N3O2/c31-27-18-25(29-30(27)26-11-4-5-16-28-26)23-10-6-9-22(17-23)21-12-14-24(15-13-21)32-19-20-7-2-1-3-8-20/h1-18,29H,19H2. The molecule has 0 aliphatic rings. The van der Waals surface area contributed by atoms with Gasteiger partial charge in [-0.25, -0.2) is 9.67 Å². The van der Waals surface area contributed by atoms with E-state index in [1.165, 1.54) is 4.68 Å². The van der Waals surface area contributed by atoms with E-state index in [0.29, 0.717) is 12.4 Å². The molecular formula is C27H21N3O2. The summed E-state index contributed by atoms with van der Waals surface area (Å²) in [4.78, 5) is 16.7. The zero-order valence-corrected chi connectivity index (χ0v) is 17.3. The molecule has 32 heavy (non-hydrogen) atoms. The Morgan fingerprint density at radius 1 is 0.750 bits per heavy atom. The fourth-order valence-corrected chi connectivity index (χ4v) is 3.55. The van der Waals surface area contributed by atoms with E-state index in [1.807, 2.05) is 78.9 Å². The number of nitrogens with one attached hydrogen (secondary N) is 1. The number of rotatable bonds is 6. The van der Waals surface area contributed by atoms with Crippen LogP contribution >= 0.6 is 0 Å². The highest BCUT2D eigenvalue weighted by molar-refractivity contribution is 5.71. The third-order valence-corrected chi connectivity index (χ3v) is 5.21. The molecule has 156 valence electrons. The Morgan fingerprint density at radius 3 is 2.31 bits per heavy atom. The molecular weight excluding hydrogens is 398 g/mol. The predicted molar refractivity (Wildman–Crippen MR) is 126 cm³/mol. The first-order valence-electron chi connectivity index (χ1n) is 10.4. The SMILES string of the molecule is O=c1cc(-c2cccc(-c3ccc(OCc4ccccc4)cc3)c2)[nH]n1-c1ccccn1. The van der Waals surface area contributed by atoms with Crippen LogP contribution in [0.15, 0.2) is 114 Å². The molecule has 1 N–H and O–H groups in total. The van der Waals surface area contributed by atoms with Gasteiger partial charge in [0.05, 0.1) is 5.69 Å². The molecule has 5 aromatic rings. The number of aromatic nitrogens is 3. The van der Waals surface area contributed by atoms with Gasteiger partial charge in [-0.05, 0) is 47.0 Å². The summed E-state index contributed by atoms with van der Waals surface area (Å²) in [6, 6.07) is 33.3. The lowest BCUT2D eigenvalue weighted by atomic mass is 10.0. The van der Waals surface area contributed by atoms with Crippen LogP contribution in [0.5, 0.6) is 5.75 Å². The van der Waals surface area contributed by atoms with Crippen molar-refractivity contribution in [2.75, 3.05) is 0 Å². The molecule has 2 aromatic heterocycles. The highest BCUT2D eigenvalue weighted by atomic mass is 16.5. The fraction of sp³-hybridized carbons (Fsp3) is 0.0370. The van der Waals surface area contributed by atoms with Gasteiger partial charge in [0.15, 0.2) is 5.82 Å². The summed E-state index contributed by atoms with van der Waals surface area (Å²) >= 11 is 0. The van der Waals surface area contributed by atoms with Crippen LogP contribution in [-0.2, 0) is 6.61 Å². The first kappa shape index (κ1) is 19.6. The minimum atomic E-state index is -0.149. The highest BCUT2D eigenvalue weighted by Gasteiger charge is 2.09. The normalized spacial score (nSPS) is 10.8. The summed E-state index contributed by atoms with van der Waals surface area (Å²) in [5.74, 6) is 1.39. The molecule has 5 heteroatoms. The molecule has 5 rings (SSSR count). The zero-order chi connectivity index (χ0) is 21.8. The second-order valence-corrected chi connectivity index (χ2v) is 7.41. The van der Waals surface area contributed by atoms with Gasteiger partial charge in [0.1, 0.15) is 12.4 Å². The Kier molecular flexibility index (Phi) is 5.37. The molecule has 0 aliphatic heterocycles. The fourth-order valence-electron chi connectivity index (χ4n) is 3.55. The lowest BCUT2D eigenvalue weighted by molar-refractivity contribution is 0.306. The van der Waals surface area contributed by atoms with Crippen LogP contribution in [-0.4, -0.2) is 14.8 Å². The van der Waals surface area contributed by atoms with Gasteiger partial charge in [0, 0.05) is 17.8 Å². The van der Waals surface area contributed by atoms with Crippen molar-refractivity contribution >= 4 is 0 Å². The Labute approximate surface area is 185 Å². The van der Waals surface area contributed by atoms with Gasteiger partial charge in [0.25, 0.3) is 5.56 Å². The van der Waals surface area contributed by atoms with Gasteiger partial charge in [-0.3, -0.25) is 9.89 Å². The van der Waals surface area contributed by atoms with E-state index in [9.17, 15) is 4.79 Å². The molecule has 0 amide bonds. The average molecular weight is 419 g/mol. The smallest absolute Gasteiger partial charge is 0.273 e. The average Bonchev–Trinajstić information content (AvgIpc) is 3.26.